The lowest BCUT2D eigenvalue weighted by molar-refractivity contribution is 0.0489. The van der Waals surface area contributed by atoms with E-state index >= 15 is 0 Å². The fourth-order valence-electron chi connectivity index (χ4n) is 3.47. The summed E-state index contributed by atoms with van der Waals surface area (Å²) in [7, 11) is 1.76. The van der Waals surface area contributed by atoms with Gasteiger partial charge in [0.25, 0.3) is 0 Å². The van der Waals surface area contributed by atoms with E-state index in [-0.39, 0.29) is 6.04 Å². The van der Waals surface area contributed by atoms with Crippen molar-refractivity contribution in [3.8, 4) is 0 Å². The number of hydrogen-bond donors (Lipinski definition) is 1. The number of rotatable bonds is 3. The zero-order chi connectivity index (χ0) is 15.9. The second kappa shape index (κ2) is 5.86. The average molecular weight is 327 g/mol. The minimum Gasteiger partial charge on any atom is -0.465 e. The van der Waals surface area contributed by atoms with Crippen molar-refractivity contribution in [2.24, 2.45) is 0 Å². The summed E-state index contributed by atoms with van der Waals surface area (Å²) in [5, 5.41) is 17.9. The Morgan fingerprint density at radius 1 is 1.50 bits per heavy atom. The van der Waals surface area contributed by atoms with Gasteiger partial charge in [0.15, 0.2) is 5.82 Å². The summed E-state index contributed by atoms with van der Waals surface area (Å²) in [6.07, 6.45) is 2.94. The molecule has 0 unspecified atom stereocenters. The topological polar surface area (TPSA) is 82.5 Å². The maximum Gasteiger partial charge on any atom is 0.407 e. The highest BCUT2D eigenvalue weighted by Crippen LogP contribution is 2.39. The Kier molecular flexibility index (Phi) is 4.07. The number of aromatic nitrogens is 3. The lowest BCUT2D eigenvalue weighted by Gasteiger charge is -2.43. The number of carboxylic acid groups (broad SMARTS) is 1. The van der Waals surface area contributed by atoms with E-state index in [9.17, 15) is 14.3 Å². The molecule has 9 heteroatoms. The third kappa shape index (κ3) is 2.47. The molecule has 0 aliphatic carbocycles. The number of thioether (sulfide) groups is 1. The summed E-state index contributed by atoms with van der Waals surface area (Å²) in [5.74, 6) is 0.508. The van der Waals surface area contributed by atoms with Crippen LogP contribution in [0.1, 0.15) is 19.3 Å². The van der Waals surface area contributed by atoms with Crippen LogP contribution < -0.4 is 4.90 Å². The van der Waals surface area contributed by atoms with E-state index in [1.807, 2.05) is 6.26 Å². The highest BCUT2D eigenvalue weighted by atomic mass is 32.2. The normalized spacial score (nSPS) is 30.4. The number of carbonyl (C=O) groups is 1. The van der Waals surface area contributed by atoms with Crippen LogP contribution in [-0.4, -0.2) is 68.9 Å². The van der Waals surface area contributed by atoms with Gasteiger partial charge in [-0.2, -0.15) is 0 Å². The molecular formula is C13H18FN5O2S. The molecule has 2 saturated heterocycles. The van der Waals surface area contributed by atoms with Crippen molar-refractivity contribution in [1.29, 1.82) is 0 Å². The molecule has 0 saturated carbocycles. The van der Waals surface area contributed by atoms with Crippen LogP contribution >= 0.6 is 11.8 Å². The number of fused-ring (bicyclic) bond motifs is 2. The van der Waals surface area contributed by atoms with Gasteiger partial charge >= 0.3 is 6.09 Å². The Morgan fingerprint density at radius 3 is 2.86 bits per heavy atom. The average Bonchev–Trinajstić information content (AvgIpc) is 2.88. The molecule has 22 heavy (non-hydrogen) atoms. The maximum absolute atomic E-state index is 14.8. The second-order valence-electron chi connectivity index (χ2n) is 5.65. The van der Waals surface area contributed by atoms with Gasteiger partial charge in [-0.3, -0.25) is 4.90 Å². The first-order valence-corrected chi connectivity index (χ1v) is 8.37. The highest BCUT2D eigenvalue weighted by Gasteiger charge is 2.51. The molecule has 3 rings (SSSR count). The first-order chi connectivity index (χ1) is 10.5. The van der Waals surface area contributed by atoms with Gasteiger partial charge in [0.2, 0.25) is 5.16 Å². The van der Waals surface area contributed by atoms with Gasteiger partial charge in [-0.1, -0.05) is 11.8 Å². The molecule has 7 nitrogen and oxygen atoms in total. The number of nitrogens with zero attached hydrogens (tertiary/aromatic N) is 5. The van der Waals surface area contributed by atoms with Crippen LogP contribution in [0, 0.1) is 0 Å². The fraction of sp³-hybridized carbons (Fsp3) is 0.692. The third-order valence-corrected chi connectivity index (χ3v) is 5.14. The Morgan fingerprint density at radius 2 is 2.27 bits per heavy atom. The minimum atomic E-state index is -1.23. The van der Waals surface area contributed by atoms with Crippen LogP contribution in [0.4, 0.5) is 15.0 Å². The summed E-state index contributed by atoms with van der Waals surface area (Å²) in [5.41, 5.74) is 0. The molecule has 1 aromatic rings. The first kappa shape index (κ1) is 15.3. The van der Waals surface area contributed by atoms with Crippen LogP contribution in [0.3, 0.4) is 0 Å². The molecule has 0 radical (unpaired) electrons. The molecule has 120 valence electrons. The fourth-order valence-corrected chi connectivity index (χ4v) is 3.76. The van der Waals surface area contributed by atoms with E-state index in [4.69, 9.17) is 0 Å². The highest BCUT2D eigenvalue weighted by molar-refractivity contribution is 7.98. The van der Waals surface area contributed by atoms with E-state index < -0.39 is 24.3 Å². The van der Waals surface area contributed by atoms with Crippen molar-refractivity contribution in [3.05, 3.63) is 6.20 Å². The number of hydrogen-bond acceptors (Lipinski definition) is 6. The molecular weight excluding hydrogens is 309 g/mol. The third-order valence-electron chi connectivity index (χ3n) is 4.59. The summed E-state index contributed by atoms with van der Waals surface area (Å²) < 4.78 is 14.8. The monoisotopic (exact) mass is 327 g/mol. The van der Waals surface area contributed by atoms with Gasteiger partial charge in [0, 0.05) is 13.1 Å². The molecule has 3 heterocycles. The standard InChI is InChI=1S/C13H18FN5O2S/c1-18(10-6-15-12(22-2)17-16-10)9-5-7-3-4-8(11(9)14)19(7)13(20)21/h6-9,11H,3-5H2,1-2H3,(H,20,21)/t7-,8+,9-,11+/m1/s1. The van der Waals surface area contributed by atoms with E-state index in [1.54, 1.807) is 18.1 Å². The van der Waals surface area contributed by atoms with Gasteiger partial charge < -0.3 is 10.0 Å². The van der Waals surface area contributed by atoms with Crippen molar-refractivity contribution in [2.45, 2.75) is 48.7 Å². The molecule has 1 N–H and O–H groups in total. The van der Waals surface area contributed by atoms with E-state index in [2.05, 4.69) is 15.2 Å². The molecule has 0 spiro atoms. The van der Waals surface area contributed by atoms with Crippen LogP contribution in [0.5, 0.6) is 0 Å². The molecule has 2 bridgehead atoms. The number of alkyl halides is 1. The van der Waals surface area contributed by atoms with Gasteiger partial charge in [-0.15, -0.1) is 10.2 Å². The van der Waals surface area contributed by atoms with Crippen molar-refractivity contribution in [2.75, 3.05) is 18.2 Å². The smallest absolute Gasteiger partial charge is 0.407 e. The second-order valence-corrected chi connectivity index (χ2v) is 6.42. The molecule has 4 atom stereocenters. The number of piperidine rings is 1. The summed E-state index contributed by atoms with van der Waals surface area (Å²) in [4.78, 5) is 18.5. The van der Waals surface area contributed by atoms with E-state index in [0.29, 0.717) is 23.8 Å². The molecule has 1 amide bonds. The zero-order valence-electron chi connectivity index (χ0n) is 12.4. The largest absolute Gasteiger partial charge is 0.465 e. The van der Waals surface area contributed by atoms with Crippen LogP contribution in [-0.2, 0) is 0 Å². The Hall–Kier alpha value is -1.64. The SMILES string of the molecule is CSc1ncc(N(C)[C@@H]2C[C@H]3CC[C@@H]([C@@H]2F)N3C(=O)O)nn1. The quantitative estimate of drug-likeness (QED) is 0.845. The predicted molar refractivity (Wildman–Crippen MR) is 80.0 cm³/mol. The van der Waals surface area contributed by atoms with Crippen molar-refractivity contribution >= 4 is 23.7 Å². The zero-order valence-corrected chi connectivity index (χ0v) is 13.2. The molecule has 1 aromatic heterocycles. The minimum absolute atomic E-state index is 0.117. The number of anilines is 1. The number of amides is 1. The van der Waals surface area contributed by atoms with Gasteiger partial charge in [-0.25, -0.2) is 14.2 Å². The molecule has 0 aromatic carbocycles. The van der Waals surface area contributed by atoms with Gasteiger partial charge in [0.05, 0.1) is 18.3 Å². The Labute approximate surface area is 131 Å². The Bertz CT molecular complexity index is 560. The van der Waals surface area contributed by atoms with Crippen LogP contribution in [0.15, 0.2) is 11.4 Å². The lowest BCUT2D eigenvalue weighted by atomic mass is 9.94. The van der Waals surface area contributed by atoms with Crippen molar-refractivity contribution < 1.29 is 14.3 Å². The van der Waals surface area contributed by atoms with Crippen molar-refractivity contribution in [1.82, 2.24) is 20.1 Å². The molecule has 2 aliphatic heterocycles. The first-order valence-electron chi connectivity index (χ1n) is 7.14. The van der Waals surface area contributed by atoms with Crippen LogP contribution in [0.2, 0.25) is 0 Å². The van der Waals surface area contributed by atoms with Crippen molar-refractivity contribution in [3.63, 3.8) is 0 Å². The molecule has 2 aliphatic rings. The van der Waals surface area contributed by atoms with E-state index in [1.165, 1.54) is 16.7 Å². The predicted octanol–water partition coefficient (Wildman–Crippen LogP) is 1.65. The summed E-state index contributed by atoms with van der Waals surface area (Å²) in [6.45, 7) is 0. The Balaban J connectivity index is 1.79. The van der Waals surface area contributed by atoms with Gasteiger partial charge in [0.1, 0.15) is 6.17 Å². The van der Waals surface area contributed by atoms with Crippen LogP contribution in [0.25, 0.3) is 0 Å². The number of halogens is 1. The molecule has 2 fully saturated rings. The lowest BCUT2D eigenvalue weighted by Crippen LogP contribution is -2.58. The summed E-state index contributed by atoms with van der Waals surface area (Å²) in [6, 6.07) is -1.08. The maximum atomic E-state index is 14.8. The van der Waals surface area contributed by atoms with E-state index in [0.717, 1.165) is 6.42 Å². The van der Waals surface area contributed by atoms with Gasteiger partial charge in [-0.05, 0) is 25.5 Å². The summed E-state index contributed by atoms with van der Waals surface area (Å²) >= 11 is 1.39.